The zero-order valence-corrected chi connectivity index (χ0v) is 13.7. The predicted molar refractivity (Wildman–Crippen MR) is 87.3 cm³/mol. The van der Waals surface area contributed by atoms with Crippen LogP contribution in [0.15, 0.2) is 36.4 Å². The van der Waals surface area contributed by atoms with Crippen LogP contribution in [0.3, 0.4) is 0 Å². The van der Waals surface area contributed by atoms with Crippen LogP contribution in [0, 0.1) is 9.39 Å². The molecular weight excluding hydrogens is 408 g/mol. The third-order valence-corrected chi connectivity index (χ3v) is 4.17. The number of halogens is 3. The van der Waals surface area contributed by atoms with Crippen LogP contribution in [-0.2, 0) is 11.3 Å². The van der Waals surface area contributed by atoms with Gasteiger partial charge in [-0.05, 0) is 58.5 Å². The molecule has 0 aromatic heterocycles. The molecule has 0 aliphatic carbocycles. The van der Waals surface area contributed by atoms with E-state index in [2.05, 4.69) is 22.6 Å². The van der Waals surface area contributed by atoms with Gasteiger partial charge < -0.3 is 9.64 Å². The second-order valence-electron chi connectivity index (χ2n) is 4.63. The smallest absolute Gasteiger partial charge is 0.265 e. The van der Waals surface area contributed by atoms with Gasteiger partial charge in [0.1, 0.15) is 11.6 Å². The monoisotopic (exact) mass is 417 g/mol. The lowest BCUT2D eigenvalue weighted by Gasteiger charge is -2.29. The van der Waals surface area contributed by atoms with Gasteiger partial charge >= 0.3 is 0 Å². The Labute approximate surface area is 139 Å². The van der Waals surface area contributed by atoms with Crippen LogP contribution in [-0.4, -0.2) is 12.5 Å². The molecule has 1 aliphatic heterocycles. The van der Waals surface area contributed by atoms with Gasteiger partial charge in [0.05, 0.1) is 17.3 Å². The average molecular weight is 418 g/mol. The van der Waals surface area contributed by atoms with Crippen LogP contribution < -0.4 is 9.64 Å². The maximum atomic E-state index is 13.5. The Bertz CT molecular complexity index is 723. The molecule has 0 radical (unpaired) electrons. The lowest BCUT2D eigenvalue weighted by Crippen LogP contribution is -2.38. The number of carbonyl (C=O) groups excluding carboxylic acids is 1. The summed E-state index contributed by atoms with van der Waals surface area (Å²) < 4.78 is 19.9. The van der Waals surface area contributed by atoms with Gasteiger partial charge in [-0.25, -0.2) is 4.39 Å². The second kappa shape index (κ2) is 5.81. The topological polar surface area (TPSA) is 29.5 Å². The van der Waals surface area contributed by atoms with E-state index in [9.17, 15) is 9.18 Å². The van der Waals surface area contributed by atoms with Crippen LogP contribution in [0.25, 0.3) is 0 Å². The van der Waals surface area contributed by atoms with Crippen molar-refractivity contribution in [2.75, 3.05) is 11.5 Å². The third kappa shape index (κ3) is 2.98. The number of carbonyl (C=O) groups is 1. The summed E-state index contributed by atoms with van der Waals surface area (Å²) in [6.45, 7) is 0.271. The third-order valence-electron chi connectivity index (χ3n) is 3.19. The van der Waals surface area contributed by atoms with Gasteiger partial charge in [-0.1, -0.05) is 17.7 Å². The van der Waals surface area contributed by atoms with Crippen molar-refractivity contribution in [2.24, 2.45) is 0 Å². The molecule has 108 valence electrons. The Morgan fingerprint density at radius 1 is 1.29 bits per heavy atom. The molecule has 0 N–H and O–H groups in total. The van der Waals surface area contributed by atoms with Crippen molar-refractivity contribution in [3.05, 3.63) is 56.4 Å². The summed E-state index contributed by atoms with van der Waals surface area (Å²) in [6.07, 6.45) is 0. The highest BCUT2D eigenvalue weighted by Crippen LogP contribution is 2.34. The Hall–Kier alpha value is -1.34. The zero-order valence-electron chi connectivity index (χ0n) is 10.8. The molecular formula is C15H10ClFINO2. The standard InChI is InChI=1S/C15H10ClFINO2/c16-11-3-1-9(5-12(11)17)7-19-13-6-10(18)2-4-14(13)21-8-15(19)20/h1-6H,7-8H2. The first-order valence-corrected chi connectivity index (χ1v) is 7.67. The SMILES string of the molecule is O=C1COc2ccc(I)cc2N1Cc1ccc(Cl)c(F)c1. The lowest BCUT2D eigenvalue weighted by molar-refractivity contribution is -0.121. The van der Waals surface area contributed by atoms with Gasteiger partial charge in [-0.2, -0.15) is 0 Å². The van der Waals surface area contributed by atoms with Crippen molar-refractivity contribution >= 4 is 45.8 Å². The van der Waals surface area contributed by atoms with E-state index in [1.807, 2.05) is 18.2 Å². The maximum Gasteiger partial charge on any atom is 0.265 e. The van der Waals surface area contributed by atoms with Gasteiger partial charge in [0, 0.05) is 3.57 Å². The first-order valence-electron chi connectivity index (χ1n) is 6.21. The van der Waals surface area contributed by atoms with E-state index in [1.165, 1.54) is 12.1 Å². The first-order chi connectivity index (χ1) is 10.0. The number of hydrogen-bond donors (Lipinski definition) is 0. The van der Waals surface area contributed by atoms with Crippen LogP contribution >= 0.6 is 34.2 Å². The number of rotatable bonds is 2. The van der Waals surface area contributed by atoms with Crippen molar-refractivity contribution in [3.63, 3.8) is 0 Å². The molecule has 0 unspecified atom stereocenters. The van der Waals surface area contributed by atoms with Crippen molar-refractivity contribution in [1.29, 1.82) is 0 Å². The number of benzene rings is 2. The largest absolute Gasteiger partial charge is 0.482 e. The summed E-state index contributed by atoms with van der Waals surface area (Å²) in [7, 11) is 0. The average Bonchev–Trinajstić information content (AvgIpc) is 2.46. The fourth-order valence-corrected chi connectivity index (χ4v) is 2.76. The minimum absolute atomic E-state index is 0.0103. The van der Waals surface area contributed by atoms with E-state index in [-0.39, 0.29) is 24.1 Å². The van der Waals surface area contributed by atoms with Gasteiger partial charge in [0.2, 0.25) is 0 Å². The summed E-state index contributed by atoms with van der Waals surface area (Å²) in [5, 5.41) is 0.0713. The molecule has 1 aliphatic rings. The van der Waals surface area contributed by atoms with Gasteiger partial charge in [-0.3, -0.25) is 4.79 Å². The molecule has 2 aromatic rings. The number of ether oxygens (including phenoxy) is 1. The van der Waals surface area contributed by atoms with Gasteiger partial charge in [0.25, 0.3) is 5.91 Å². The van der Waals surface area contributed by atoms with Crippen LogP contribution in [0.2, 0.25) is 5.02 Å². The van der Waals surface area contributed by atoms with Crippen molar-refractivity contribution in [3.8, 4) is 5.75 Å². The maximum absolute atomic E-state index is 13.5. The molecule has 3 nitrogen and oxygen atoms in total. The molecule has 0 saturated heterocycles. The second-order valence-corrected chi connectivity index (χ2v) is 6.28. The zero-order chi connectivity index (χ0) is 15.0. The van der Waals surface area contributed by atoms with E-state index >= 15 is 0 Å². The van der Waals surface area contributed by atoms with E-state index < -0.39 is 5.82 Å². The predicted octanol–water partition coefficient (Wildman–Crippen LogP) is 4.01. The summed E-state index contributed by atoms with van der Waals surface area (Å²) in [4.78, 5) is 13.7. The minimum Gasteiger partial charge on any atom is -0.482 e. The highest BCUT2D eigenvalue weighted by Gasteiger charge is 2.25. The fourth-order valence-electron chi connectivity index (χ4n) is 2.17. The van der Waals surface area contributed by atoms with Crippen LogP contribution in [0.5, 0.6) is 5.75 Å². The Balaban J connectivity index is 1.96. The molecule has 0 atom stereocenters. The highest BCUT2D eigenvalue weighted by atomic mass is 127. The number of hydrogen-bond acceptors (Lipinski definition) is 2. The number of amides is 1. The summed E-state index contributed by atoms with van der Waals surface area (Å²) in [5.74, 6) is 0.0158. The molecule has 6 heteroatoms. The fraction of sp³-hybridized carbons (Fsp3) is 0.133. The Kier molecular flexibility index (Phi) is 4.03. The van der Waals surface area contributed by atoms with Crippen molar-refractivity contribution in [1.82, 2.24) is 0 Å². The lowest BCUT2D eigenvalue weighted by atomic mass is 10.1. The number of anilines is 1. The van der Waals surface area contributed by atoms with Crippen molar-refractivity contribution < 1.29 is 13.9 Å². The molecule has 0 fully saturated rings. The van der Waals surface area contributed by atoms with E-state index in [0.29, 0.717) is 17.0 Å². The van der Waals surface area contributed by atoms with E-state index in [4.69, 9.17) is 16.3 Å². The molecule has 0 bridgehead atoms. The summed E-state index contributed by atoms with van der Waals surface area (Å²) in [6, 6.07) is 10.2. The molecule has 3 rings (SSSR count). The van der Waals surface area contributed by atoms with E-state index in [0.717, 1.165) is 3.57 Å². The van der Waals surface area contributed by atoms with Gasteiger partial charge in [-0.15, -0.1) is 0 Å². The number of nitrogens with zero attached hydrogens (tertiary/aromatic N) is 1. The minimum atomic E-state index is -0.488. The van der Waals surface area contributed by atoms with Crippen LogP contribution in [0.4, 0.5) is 10.1 Å². The highest BCUT2D eigenvalue weighted by molar-refractivity contribution is 14.1. The first kappa shape index (κ1) is 14.6. The van der Waals surface area contributed by atoms with Crippen molar-refractivity contribution in [2.45, 2.75) is 6.54 Å². The summed E-state index contributed by atoms with van der Waals surface area (Å²) >= 11 is 7.85. The molecule has 0 saturated carbocycles. The molecule has 1 amide bonds. The summed E-state index contributed by atoms with van der Waals surface area (Å²) in [5.41, 5.74) is 1.38. The van der Waals surface area contributed by atoms with Gasteiger partial charge in [0.15, 0.2) is 6.61 Å². The molecule has 2 aromatic carbocycles. The number of fused-ring (bicyclic) bond motifs is 1. The van der Waals surface area contributed by atoms with E-state index in [1.54, 1.807) is 11.0 Å². The molecule has 1 heterocycles. The normalized spacial score (nSPS) is 13.9. The molecule has 0 spiro atoms. The quantitative estimate of drug-likeness (QED) is 0.691. The van der Waals surface area contributed by atoms with Crippen LogP contribution in [0.1, 0.15) is 5.56 Å². The Morgan fingerprint density at radius 2 is 2.10 bits per heavy atom. The Morgan fingerprint density at radius 3 is 2.86 bits per heavy atom. The molecule has 21 heavy (non-hydrogen) atoms.